The van der Waals surface area contributed by atoms with Gasteiger partial charge in [0.2, 0.25) is 5.91 Å². The summed E-state index contributed by atoms with van der Waals surface area (Å²) in [5.41, 5.74) is 0. The Hall–Kier alpha value is -1.29. The minimum atomic E-state index is 0.0492. The van der Waals surface area contributed by atoms with Crippen molar-refractivity contribution < 1.29 is 9.21 Å². The predicted molar refractivity (Wildman–Crippen MR) is 63.1 cm³/mol. The molecule has 90 valence electrons. The van der Waals surface area contributed by atoms with E-state index in [0.29, 0.717) is 12.5 Å². The lowest BCUT2D eigenvalue weighted by atomic mass is 10.2. The van der Waals surface area contributed by atoms with E-state index in [0.717, 1.165) is 25.3 Å². The average Bonchev–Trinajstić information content (AvgIpc) is 2.74. The van der Waals surface area contributed by atoms with Crippen molar-refractivity contribution in [3.05, 3.63) is 24.2 Å². The molecule has 0 spiro atoms. The number of hydrogen-bond acceptors (Lipinski definition) is 3. The molecule has 1 aromatic rings. The summed E-state index contributed by atoms with van der Waals surface area (Å²) in [6.07, 6.45) is 2.47. The Balaban J connectivity index is 2.00. The minimum Gasteiger partial charge on any atom is -0.469 e. The summed E-state index contributed by atoms with van der Waals surface area (Å²) >= 11 is 0. The molecule has 0 atom stereocenters. The molecule has 0 saturated carbocycles. The van der Waals surface area contributed by atoms with E-state index in [1.54, 1.807) is 6.26 Å². The van der Waals surface area contributed by atoms with Gasteiger partial charge in [0, 0.05) is 19.5 Å². The van der Waals surface area contributed by atoms with Gasteiger partial charge >= 0.3 is 0 Å². The predicted octanol–water partition coefficient (Wildman–Crippen LogP) is 1.18. The van der Waals surface area contributed by atoms with Gasteiger partial charge in [0.05, 0.1) is 12.8 Å². The number of amides is 1. The molecule has 0 aromatic carbocycles. The molecule has 0 aliphatic rings. The van der Waals surface area contributed by atoms with Crippen LogP contribution in [-0.2, 0) is 11.2 Å². The van der Waals surface area contributed by atoms with Crippen LogP contribution in [0.25, 0.3) is 0 Å². The quantitative estimate of drug-likeness (QED) is 0.684. The zero-order valence-electron chi connectivity index (χ0n) is 9.95. The number of carbonyl (C=O) groups is 1. The average molecular weight is 224 g/mol. The summed E-state index contributed by atoms with van der Waals surface area (Å²) < 4.78 is 5.18. The first-order valence-electron chi connectivity index (χ1n) is 5.68. The van der Waals surface area contributed by atoms with E-state index in [4.69, 9.17) is 4.42 Å². The summed E-state index contributed by atoms with van der Waals surface area (Å²) in [6, 6.07) is 3.80. The summed E-state index contributed by atoms with van der Waals surface area (Å²) in [7, 11) is 0. The van der Waals surface area contributed by atoms with Gasteiger partial charge in [-0.05, 0) is 18.1 Å². The minimum absolute atomic E-state index is 0.0492. The molecular weight excluding hydrogens is 204 g/mol. The summed E-state index contributed by atoms with van der Waals surface area (Å²) in [5, 5.41) is 5.93. The van der Waals surface area contributed by atoms with Crippen LogP contribution in [0, 0.1) is 5.92 Å². The molecule has 1 heterocycles. The zero-order valence-corrected chi connectivity index (χ0v) is 9.95. The van der Waals surface area contributed by atoms with Crippen LogP contribution < -0.4 is 10.6 Å². The maximum Gasteiger partial charge on any atom is 0.233 e. The molecule has 1 amide bonds. The zero-order chi connectivity index (χ0) is 11.8. The number of carbonyl (C=O) groups excluding carboxylic acids is 1. The molecule has 0 bridgehead atoms. The van der Waals surface area contributed by atoms with Gasteiger partial charge in [-0.15, -0.1) is 0 Å². The molecule has 1 rings (SSSR count). The van der Waals surface area contributed by atoms with Crippen LogP contribution in [0.2, 0.25) is 0 Å². The molecule has 0 unspecified atom stereocenters. The Labute approximate surface area is 96.4 Å². The topological polar surface area (TPSA) is 54.3 Å². The maximum atomic E-state index is 11.3. The normalized spacial score (nSPS) is 10.7. The maximum absolute atomic E-state index is 11.3. The van der Waals surface area contributed by atoms with Crippen molar-refractivity contribution in [1.82, 2.24) is 10.6 Å². The third-order valence-electron chi connectivity index (χ3n) is 2.12. The fourth-order valence-corrected chi connectivity index (χ4v) is 1.25. The van der Waals surface area contributed by atoms with Crippen molar-refractivity contribution in [2.45, 2.75) is 20.3 Å². The van der Waals surface area contributed by atoms with Crippen molar-refractivity contribution in [2.24, 2.45) is 5.92 Å². The Bertz CT molecular complexity index is 294. The van der Waals surface area contributed by atoms with Crippen molar-refractivity contribution in [2.75, 3.05) is 19.6 Å². The van der Waals surface area contributed by atoms with Crippen molar-refractivity contribution >= 4 is 5.91 Å². The Morgan fingerprint density at radius 1 is 1.50 bits per heavy atom. The highest BCUT2D eigenvalue weighted by Gasteiger charge is 2.01. The third-order valence-corrected chi connectivity index (χ3v) is 2.12. The molecule has 2 N–H and O–H groups in total. The molecule has 16 heavy (non-hydrogen) atoms. The van der Waals surface area contributed by atoms with Crippen molar-refractivity contribution in [1.29, 1.82) is 0 Å². The number of furan rings is 1. The molecular formula is C12H20N2O2. The van der Waals surface area contributed by atoms with Gasteiger partial charge in [-0.1, -0.05) is 13.8 Å². The van der Waals surface area contributed by atoms with E-state index >= 15 is 0 Å². The lowest BCUT2D eigenvalue weighted by molar-refractivity contribution is -0.120. The number of nitrogens with one attached hydrogen (secondary N) is 2. The van der Waals surface area contributed by atoms with Crippen LogP contribution in [0.4, 0.5) is 0 Å². The van der Waals surface area contributed by atoms with Crippen LogP contribution in [-0.4, -0.2) is 25.5 Å². The second-order valence-electron chi connectivity index (χ2n) is 4.20. The third kappa shape index (κ3) is 5.56. The smallest absolute Gasteiger partial charge is 0.233 e. The molecule has 4 heteroatoms. The molecule has 0 aliphatic carbocycles. The Morgan fingerprint density at radius 2 is 2.31 bits per heavy atom. The van der Waals surface area contributed by atoms with E-state index in [-0.39, 0.29) is 5.91 Å². The molecule has 0 fully saturated rings. The van der Waals surface area contributed by atoms with E-state index < -0.39 is 0 Å². The standard InChI is InChI=1S/C12H20N2O2/c1-10(2)8-14-12(15)9-13-6-5-11-4-3-7-16-11/h3-4,7,10,13H,5-6,8-9H2,1-2H3,(H,14,15). The van der Waals surface area contributed by atoms with Gasteiger partial charge in [0.1, 0.15) is 5.76 Å². The summed E-state index contributed by atoms with van der Waals surface area (Å²) in [6.45, 7) is 6.00. The van der Waals surface area contributed by atoms with E-state index in [1.165, 1.54) is 0 Å². The van der Waals surface area contributed by atoms with Crippen molar-refractivity contribution in [3.8, 4) is 0 Å². The van der Waals surface area contributed by atoms with Crippen LogP contribution >= 0.6 is 0 Å². The first kappa shape index (κ1) is 12.8. The molecule has 1 aromatic heterocycles. The fourth-order valence-electron chi connectivity index (χ4n) is 1.25. The molecule has 0 radical (unpaired) electrons. The monoisotopic (exact) mass is 224 g/mol. The Kier molecular flexibility index (Phi) is 5.64. The van der Waals surface area contributed by atoms with E-state index in [9.17, 15) is 4.79 Å². The van der Waals surface area contributed by atoms with E-state index in [2.05, 4.69) is 24.5 Å². The molecule has 0 aliphatic heterocycles. The van der Waals surface area contributed by atoms with Crippen molar-refractivity contribution in [3.63, 3.8) is 0 Å². The molecule has 4 nitrogen and oxygen atoms in total. The Morgan fingerprint density at radius 3 is 2.94 bits per heavy atom. The summed E-state index contributed by atoms with van der Waals surface area (Å²) in [4.78, 5) is 11.3. The summed E-state index contributed by atoms with van der Waals surface area (Å²) in [5.74, 6) is 1.48. The van der Waals surface area contributed by atoms with Gasteiger partial charge < -0.3 is 15.1 Å². The first-order valence-corrected chi connectivity index (χ1v) is 5.68. The van der Waals surface area contributed by atoms with Crippen LogP contribution in [0.1, 0.15) is 19.6 Å². The van der Waals surface area contributed by atoms with Gasteiger partial charge in [-0.3, -0.25) is 4.79 Å². The van der Waals surface area contributed by atoms with Gasteiger partial charge in [-0.2, -0.15) is 0 Å². The SMILES string of the molecule is CC(C)CNC(=O)CNCCc1ccco1. The highest BCUT2D eigenvalue weighted by molar-refractivity contribution is 5.77. The van der Waals surface area contributed by atoms with Crippen LogP contribution in [0.15, 0.2) is 22.8 Å². The number of rotatable bonds is 7. The van der Waals surface area contributed by atoms with Crippen LogP contribution in [0.5, 0.6) is 0 Å². The van der Waals surface area contributed by atoms with Gasteiger partial charge in [0.25, 0.3) is 0 Å². The highest BCUT2D eigenvalue weighted by Crippen LogP contribution is 1.99. The second-order valence-corrected chi connectivity index (χ2v) is 4.20. The van der Waals surface area contributed by atoms with E-state index in [1.807, 2.05) is 12.1 Å². The van der Waals surface area contributed by atoms with Gasteiger partial charge in [-0.25, -0.2) is 0 Å². The number of hydrogen-bond donors (Lipinski definition) is 2. The second kappa shape index (κ2) is 7.06. The first-order chi connectivity index (χ1) is 7.68. The fraction of sp³-hybridized carbons (Fsp3) is 0.583. The lowest BCUT2D eigenvalue weighted by Crippen LogP contribution is -2.36. The van der Waals surface area contributed by atoms with Crippen LogP contribution in [0.3, 0.4) is 0 Å². The highest BCUT2D eigenvalue weighted by atomic mass is 16.3. The largest absolute Gasteiger partial charge is 0.469 e. The van der Waals surface area contributed by atoms with Gasteiger partial charge in [0.15, 0.2) is 0 Å². The lowest BCUT2D eigenvalue weighted by Gasteiger charge is -2.08. The molecule has 0 saturated heterocycles.